The minimum absolute atomic E-state index is 0. The SMILES string of the molecule is C.C.C.C.C.C.C.C.C.C.CC(=O)N1CCC(c2[nH]nc(-c3ccc(Cl)cc3)c2-c2ccncn2)CC1.CC(=O)N1CCC(c2nn(S(=O)(=O)c3ccc(C)cc3)c(-c3ccc(Cl)cc3)c2-c2ccncn2)CC1. The van der Waals surface area contributed by atoms with E-state index in [9.17, 15) is 18.0 Å². The molecule has 408 valence electrons. The average molecular weight is 1080 g/mol. The number of aryl methyl sites for hydroxylation is 1. The molecule has 0 spiro atoms. The van der Waals surface area contributed by atoms with Gasteiger partial charge in [0.05, 0.1) is 33.2 Å². The molecule has 0 atom stereocenters. The van der Waals surface area contributed by atoms with Crippen LogP contribution < -0.4 is 0 Å². The highest BCUT2D eigenvalue weighted by Gasteiger charge is 2.34. The van der Waals surface area contributed by atoms with Gasteiger partial charge in [0.2, 0.25) is 11.8 Å². The number of piperidine rings is 2. The van der Waals surface area contributed by atoms with Crippen LogP contribution in [0.1, 0.15) is 143 Å². The molecule has 0 aliphatic carbocycles. The number of halogens is 2. The van der Waals surface area contributed by atoms with E-state index in [1.807, 2.05) is 42.2 Å². The maximum Gasteiger partial charge on any atom is 0.283 e. The predicted molar refractivity (Wildman–Crippen MR) is 313 cm³/mol. The molecule has 17 heteroatoms. The predicted octanol–water partition coefficient (Wildman–Crippen LogP) is 15.2. The molecule has 2 fully saturated rings. The number of rotatable bonds is 8. The number of nitrogens with one attached hydrogen (secondary N) is 1. The lowest BCUT2D eigenvalue weighted by Gasteiger charge is -2.31. The molecule has 2 saturated heterocycles. The van der Waals surface area contributed by atoms with Crippen molar-refractivity contribution in [3.63, 3.8) is 0 Å². The zero-order valence-electron chi connectivity index (χ0n) is 35.5. The summed E-state index contributed by atoms with van der Waals surface area (Å²) in [5.41, 5.74) is 8.63. The van der Waals surface area contributed by atoms with Crippen LogP contribution in [0.4, 0.5) is 0 Å². The topological polar surface area (TPSA) is 173 Å². The molecule has 0 saturated carbocycles. The summed E-state index contributed by atoms with van der Waals surface area (Å²) in [6, 6.07) is 25.0. The lowest BCUT2D eigenvalue weighted by atomic mass is 9.89. The van der Waals surface area contributed by atoms with Gasteiger partial charge in [-0.1, -0.05) is 139 Å². The van der Waals surface area contributed by atoms with Crippen LogP contribution in [0.15, 0.2) is 115 Å². The van der Waals surface area contributed by atoms with Gasteiger partial charge in [-0.15, -0.1) is 0 Å². The van der Waals surface area contributed by atoms with E-state index in [0.717, 1.165) is 63.8 Å². The van der Waals surface area contributed by atoms with Crippen molar-refractivity contribution < 1.29 is 18.0 Å². The van der Waals surface area contributed by atoms with Gasteiger partial charge in [-0.25, -0.2) is 19.9 Å². The molecule has 0 radical (unpaired) electrons. The fourth-order valence-corrected chi connectivity index (χ4v) is 9.92. The first-order chi connectivity index (χ1) is 30.9. The molecule has 4 aromatic heterocycles. The van der Waals surface area contributed by atoms with Gasteiger partial charge >= 0.3 is 0 Å². The summed E-state index contributed by atoms with van der Waals surface area (Å²) in [5, 5.41) is 13.9. The van der Waals surface area contributed by atoms with Crippen LogP contribution in [0.2, 0.25) is 10.0 Å². The number of H-pyrrole nitrogens is 1. The summed E-state index contributed by atoms with van der Waals surface area (Å²) in [4.78, 5) is 44.4. The zero-order chi connectivity index (χ0) is 45.0. The Balaban J connectivity index is -0.00000124. The first kappa shape index (κ1) is 72.0. The third kappa shape index (κ3) is 15.6. The Morgan fingerprint density at radius 1 is 0.581 bits per heavy atom. The molecule has 74 heavy (non-hydrogen) atoms. The Hall–Kier alpha value is -6.29. The maximum atomic E-state index is 14.0. The van der Waals surface area contributed by atoms with E-state index in [4.69, 9.17) is 28.3 Å². The van der Waals surface area contributed by atoms with Crippen LogP contribution >= 0.6 is 23.2 Å². The van der Waals surface area contributed by atoms with Crippen LogP contribution in [-0.2, 0) is 19.6 Å². The second-order valence-electron chi connectivity index (χ2n) is 15.9. The second kappa shape index (κ2) is 31.4. The number of likely N-dealkylation sites (tertiary alicyclic amines) is 2. The smallest absolute Gasteiger partial charge is 0.283 e. The fraction of sp³-hybridized carbons (Fsp3) is 0.404. The van der Waals surface area contributed by atoms with Crippen molar-refractivity contribution in [2.45, 2.75) is 137 Å². The number of hydrogen-bond donors (Lipinski definition) is 1. The van der Waals surface area contributed by atoms with Gasteiger partial charge in [-0.05, 0) is 81.1 Å². The molecule has 2 aliphatic rings. The van der Waals surface area contributed by atoms with E-state index in [2.05, 4.69) is 30.1 Å². The number of carbonyl (C=O) groups excluding carboxylic acids is 2. The van der Waals surface area contributed by atoms with Crippen molar-refractivity contribution in [3.8, 4) is 45.0 Å². The highest BCUT2D eigenvalue weighted by atomic mass is 35.5. The van der Waals surface area contributed by atoms with E-state index in [0.29, 0.717) is 70.1 Å². The highest BCUT2D eigenvalue weighted by molar-refractivity contribution is 7.90. The van der Waals surface area contributed by atoms with Crippen LogP contribution in [0.25, 0.3) is 45.0 Å². The minimum atomic E-state index is -4.05. The number of hydrogen-bond acceptors (Lipinski definition) is 10. The van der Waals surface area contributed by atoms with Crippen LogP contribution in [0.5, 0.6) is 0 Å². The van der Waals surface area contributed by atoms with Crippen molar-refractivity contribution in [2.75, 3.05) is 26.2 Å². The van der Waals surface area contributed by atoms with Crippen molar-refractivity contribution in [1.82, 2.24) is 49.1 Å². The van der Waals surface area contributed by atoms with Gasteiger partial charge in [-0.3, -0.25) is 14.7 Å². The molecule has 1 N–H and O–H groups in total. The third-order valence-corrected chi connectivity index (χ3v) is 13.9. The molecular weight excluding hydrogens is 992 g/mol. The van der Waals surface area contributed by atoms with Crippen molar-refractivity contribution in [2.24, 2.45) is 0 Å². The summed E-state index contributed by atoms with van der Waals surface area (Å²) < 4.78 is 29.2. The van der Waals surface area contributed by atoms with Gasteiger partial charge in [0, 0.05) is 96.7 Å². The number of benzene rings is 3. The van der Waals surface area contributed by atoms with E-state index in [-0.39, 0.29) is 96.9 Å². The van der Waals surface area contributed by atoms with E-state index < -0.39 is 10.0 Å². The van der Waals surface area contributed by atoms with Crippen molar-refractivity contribution in [3.05, 3.63) is 137 Å². The number of amides is 2. The van der Waals surface area contributed by atoms with Crippen LogP contribution in [-0.4, -0.2) is 95.5 Å². The summed E-state index contributed by atoms with van der Waals surface area (Å²) >= 11 is 12.2. The third-order valence-electron chi connectivity index (χ3n) is 11.8. The maximum absolute atomic E-state index is 14.0. The first-order valence-corrected chi connectivity index (χ1v) is 23.2. The van der Waals surface area contributed by atoms with Crippen molar-refractivity contribution >= 4 is 45.0 Å². The van der Waals surface area contributed by atoms with Gasteiger partial charge in [-0.2, -0.15) is 22.7 Å². The molecule has 6 heterocycles. The second-order valence-corrected chi connectivity index (χ2v) is 18.5. The molecule has 9 rings (SSSR count). The van der Waals surface area contributed by atoms with E-state index in [1.54, 1.807) is 92.1 Å². The van der Waals surface area contributed by atoms with Gasteiger partial charge in [0.15, 0.2) is 0 Å². The van der Waals surface area contributed by atoms with Gasteiger partial charge in [0.1, 0.15) is 18.3 Å². The number of carbonyl (C=O) groups is 2. The Kier molecular flexibility index (Phi) is 30.6. The normalized spacial score (nSPS) is 12.8. The van der Waals surface area contributed by atoms with Gasteiger partial charge < -0.3 is 9.80 Å². The molecular formula is C57H86Cl2N10O4S. The lowest BCUT2D eigenvalue weighted by molar-refractivity contribution is -0.130. The minimum Gasteiger partial charge on any atom is -0.343 e. The highest BCUT2D eigenvalue weighted by Crippen LogP contribution is 2.43. The number of nitrogens with zero attached hydrogens (tertiary/aromatic N) is 9. The van der Waals surface area contributed by atoms with Gasteiger partial charge in [0.25, 0.3) is 10.0 Å². The monoisotopic (exact) mass is 1080 g/mol. The van der Waals surface area contributed by atoms with E-state index in [1.165, 1.54) is 6.33 Å². The molecule has 3 aromatic carbocycles. The Morgan fingerprint density at radius 3 is 1.45 bits per heavy atom. The molecule has 0 unspecified atom stereocenters. The molecule has 2 amide bonds. The standard InChI is InChI=1S/C27H26ClN5O3S.C20H20ClN5O.10CH4/c1-18-3-9-23(10-4-18)37(35,36)33-27(21-5-7-22(28)8-6-21)25(24-11-14-29-17-30-24)26(31-33)20-12-15-32(16-13-20)19(2)34;1-13(27)26-10-7-15(8-11-26)20-18(17-6-9-22-12-23-17)19(24-25-20)14-2-4-16(21)5-3-14;;;;;;;;;;/h3-11,14,17,20H,12-13,15-16H2,1-2H3;2-6,9,12,15H,7-8,10-11H2,1H3,(H,24,25);10*1H4. The van der Waals surface area contributed by atoms with E-state index >= 15 is 0 Å². The average Bonchev–Trinajstić information content (AvgIpc) is 3.95. The summed E-state index contributed by atoms with van der Waals surface area (Å²) in [5.74, 6) is 0.417. The first-order valence-electron chi connectivity index (χ1n) is 21.0. The molecule has 7 aromatic rings. The fourth-order valence-electron chi connectivity index (χ4n) is 8.35. The number of aromatic amines is 1. The van der Waals surface area contributed by atoms with Crippen LogP contribution in [0, 0.1) is 6.92 Å². The Bertz CT molecular complexity index is 2850. The van der Waals surface area contributed by atoms with Crippen LogP contribution in [0.3, 0.4) is 0 Å². The quantitative estimate of drug-likeness (QED) is 0.154. The largest absolute Gasteiger partial charge is 0.343 e. The molecule has 0 bridgehead atoms. The summed E-state index contributed by atoms with van der Waals surface area (Å²) in [6.07, 6.45) is 9.49. The molecule has 14 nitrogen and oxygen atoms in total. The number of aromatic nitrogens is 8. The Morgan fingerprint density at radius 2 is 1.01 bits per heavy atom. The molecule has 2 aliphatic heterocycles. The Labute approximate surface area is 455 Å². The zero-order valence-corrected chi connectivity index (χ0v) is 37.9. The summed E-state index contributed by atoms with van der Waals surface area (Å²) in [7, 11) is -4.05. The summed E-state index contributed by atoms with van der Waals surface area (Å²) in [6.45, 7) is 7.78. The van der Waals surface area contributed by atoms with Crippen molar-refractivity contribution in [1.29, 1.82) is 0 Å². The lowest BCUT2D eigenvalue weighted by Crippen LogP contribution is -2.36.